The number of hydrogen-bond acceptors (Lipinski definition) is 7. The first-order valence-electron chi connectivity index (χ1n) is 9.59. The number of thiophene rings is 2. The predicted molar refractivity (Wildman–Crippen MR) is 119 cm³/mol. The monoisotopic (exact) mass is 421 g/mol. The fraction of sp³-hybridized carbons (Fsp3) is 0.238. The molecule has 6 nitrogen and oxygen atoms in total. The molecule has 0 radical (unpaired) electrons. The normalized spacial score (nSPS) is 14.3. The van der Waals surface area contributed by atoms with E-state index in [4.69, 9.17) is 9.97 Å². The van der Waals surface area contributed by atoms with Gasteiger partial charge in [-0.25, -0.2) is 15.0 Å². The zero-order valence-electron chi connectivity index (χ0n) is 15.6. The summed E-state index contributed by atoms with van der Waals surface area (Å²) in [6, 6.07) is 9.82. The Morgan fingerprint density at radius 2 is 1.97 bits per heavy atom. The smallest absolute Gasteiger partial charge is 0.266 e. The van der Waals surface area contributed by atoms with E-state index >= 15 is 0 Å². The van der Waals surface area contributed by atoms with Gasteiger partial charge in [0, 0.05) is 17.8 Å². The number of anilines is 2. The number of nitrogens with zero attached hydrogens (tertiary/aromatic N) is 3. The van der Waals surface area contributed by atoms with Crippen LogP contribution < -0.4 is 10.6 Å². The van der Waals surface area contributed by atoms with Gasteiger partial charge in [0.15, 0.2) is 5.82 Å². The van der Waals surface area contributed by atoms with Crippen LogP contribution in [0.25, 0.3) is 21.6 Å². The first kappa shape index (κ1) is 18.2. The molecule has 29 heavy (non-hydrogen) atoms. The third-order valence-corrected chi connectivity index (χ3v) is 6.78. The zero-order valence-corrected chi connectivity index (χ0v) is 17.2. The van der Waals surface area contributed by atoms with Crippen LogP contribution >= 0.6 is 22.7 Å². The van der Waals surface area contributed by atoms with E-state index in [0.29, 0.717) is 22.6 Å². The standard InChI is InChI=1S/C21H19N5OS2/c27-21(16-6-3-10-28-16)25-17-12-13(7-9-22-17)19-24-15-8-11-29-18(15)20(26-19)23-14-4-1-2-5-14/h3,6-12,14H,1-2,4-5H2,(H,22,25,27)(H,23,24,26). The van der Waals surface area contributed by atoms with Gasteiger partial charge in [-0.3, -0.25) is 4.79 Å². The average molecular weight is 422 g/mol. The molecule has 1 amide bonds. The lowest BCUT2D eigenvalue weighted by Gasteiger charge is -2.14. The molecule has 8 heteroatoms. The van der Waals surface area contributed by atoms with Crippen LogP contribution in [0.15, 0.2) is 47.3 Å². The van der Waals surface area contributed by atoms with Crippen molar-refractivity contribution in [2.24, 2.45) is 0 Å². The Kier molecular flexibility index (Phi) is 4.95. The molecular formula is C21H19N5OS2. The highest BCUT2D eigenvalue weighted by molar-refractivity contribution is 7.17. The third kappa shape index (κ3) is 3.86. The van der Waals surface area contributed by atoms with Gasteiger partial charge in [0.2, 0.25) is 0 Å². The number of carbonyl (C=O) groups is 1. The fourth-order valence-electron chi connectivity index (χ4n) is 3.58. The van der Waals surface area contributed by atoms with E-state index in [1.165, 1.54) is 37.0 Å². The second kappa shape index (κ2) is 7.88. The quantitative estimate of drug-likeness (QED) is 0.450. The number of hydrogen-bond donors (Lipinski definition) is 2. The van der Waals surface area contributed by atoms with E-state index in [1.54, 1.807) is 23.6 Å². The molecule has 0 aliphatic heterocycles. The van der Waals surface area contributed by atoms with Crippen LogP contribution in [0.5, 0.6) is 0 Å². The van der Waals surface area contributed by atoms with Gasteiger partial charge in [0.05, 0.1) is 15.1 Å². The lowest BCUT2D eigenvalue weighted by atomic mass is 10.2. The highest BCUT2D eigenvalue weighted by Gasteiger charge is 2.18. The van der Waals surface area contributed by atoms with E-state index in [9.17, 15) is 4.79 Å². The molecular weight excluding hydrogens is 402 g/mol. The molecule has 4 heterocycles. The molecule has 0 aromatic carbocycles. The van der Waals surface area contributed by atoms with Crippen molar-refractivity contribution in [3.05, 3.63) is 52.2 Å². The van der Waals surface area contributed by atoms with E-state index < -0.39 is 0 Å². The first-order valence-corrected chi connectivity index (χ1v) is 11.4. The van der Waals surface area contributed by atoms with Crippen molar-refractivity contribution in [2.45, 2.75) is 31.7 Å². The van der Waals surface area contributed by atoms with Gasteiger partial charge < -0.3 is 10.6 Å². The molecule has 0 spiro atoms. The minimum atomic E-state index is -0.164. The molecule has 0 unspecified atom stereocenters. The molecule has 1 saturated carbocycles. The average Bonchev–Trinajstić information content (AvgIpc) is 3.50. The minimum absolute atomic E-state index is 0.164. The minimum Gasteiger partial charge on any atom is -0.366 e. The number of pyridine rings is 1. The van der Waals surface area contributed by atoms with Gasteiger partial charge in [-0.15, -0.1) is 22.7 Å². The van der Waals surface area contributed by atoms with E-state index in [2.05, 4.69) is 15.6 Å². The number of rotatable bonds is 5. The maximum Gasteiger partial charge on any atom is 0.266 e. The van der Waals surface area contributed by atoms with Crippen molar-refractivity contribution in [2.75, 3.05) is 10.6 Å². The topological polar surface area (TPSA) is 79.8 Å². The van der Waals surface area contributed by atoms with Crippen LogP contribution in [0.1, 0.15) is 35.4 Å². The van der Waals surface area contributed by atoms with E-state index in [0.717, 1.165) is 21.6 Å². The summed E-state index contributed by atoms with van der Waals surface area (Å²) in [5, 5.41) is 10.4. The fourth-order valence-corrected chi connectivity index (χ4v) is 4.98. The van der Waals surface area contributed by atoms with Crippen molar-refractivity contribution in [1.29, 1.82) is 0 Å². The lowest BCUT2D eigenvalue weighted by molar-refractivity contribution is 0.103. The summed E-state index contributed by atoms with van der Waals surface area (Å²) in [7, 11) is 0. The summed E-state index contributed by atoms with van der Waals surface area (Å²) < 4.78 is 1.08. The van der Waals surface area contributed by atoms with Crippen LogP contribution in [-0.2, 0) is 0 Å². The molecule has 2 N–H and O–H groups in total. The van der Waals surface area contributed by atoms with Crippen LogP contribution in [0.4, 0.5) is 11.6 Å². The van der Waals surface area contributed by atoms with Crippen LogP contribution in [-0.4, -0.2) is 26.9 Å². The predicted octanol–water partition coefficient (Wildman–Crippen LogP) is 5.42. The summed E-state index contributed by atoms with van der Waals surface area (Å²) in [5.41, 5.74) is 1.76. The molecule has 4 aromatic heterocycles. The highest BCUT2D eigenvalue weighted by Crippen LogP contribution is 2.32. The van der Waals surface area contributed by atoms with Crippen LogP contribution in [0.3, 0.4) is 0 Å². The maximum absolute atomic E-state index is 12.3. The Labute approximate surface area is 176 Å². The summed E-state index contributed by atoms with van der Waals surface area (Å²) in [4.78, 5) is 26.8. The van der Waals surface area contributed by atoms with Gasteiger partial charge in [-0.2, -0.15) is 0 Å². The van der Waals surface area contributed by atoms with Gasteiger partial charge in [-0.05, 0) is 47.9 Å². The number of fused-ring (bicyclic) bond motifs is 1. The van der Waals surface area contributed by atoms with Crippen molar-refractivity contribution in [1.82, 2.24) is 15.0 Å². The molecule has 0 bridgehead atoms. The second-order valence-electron chi connectivity index (χ2n) is 7.02. The maximum atomic E-state index is 12.3. The first-order chi connectivity index (χ1) is 14.3. The zero-order chi connectivity index (χ0) is 19.6. The number of carbonyl (C=O) groups excluding carboxylic acids is 1. The molecule has 1 fully saturated rings. The Balaban J connectivity index is 1.46. The Morgan fingerprint density at radius 3 is 2.79 bits per heavy atom. The molecule has 0 saturated heterocycles. The Hall–Kier alpha value is -2.84. The van der Waals surface area contributed by atoms with Crippen LogP contribution in [0, 0.1) is 0 Å². The molecule has 1 aliphatic carbocycles. The molecule has 1 aliphatic rings. The lowest BCUT2D eigenvalue weighted by Crippen LogP contribution is -2.16. The largest absolute Gasteiger partial charge is 0.366 e. The number of aromatic nitrogens is 3. The van der Waals surface area contributed by atoms with Crippen LogP contribution in [0.2, 0.25) is 0 Å². The van der Waals surface area contributed by atoms with Gasteiger partial charge in [0.25, 0.3) is 5.91 Å². The molecule has 146 valence electrons. The van der Waals surface area contributed by atoms with Crippen molar-refractivity contribution in [3.63, 3.8) is 0 Å². The molecule has 4 aromatic rings. The number of amides is 1. The SMILES string of the molecule is O=C(Nc1cc(-c2nc(NC3CCCC3)c3sccc3n2)ccn1)c1cccs1. The number of nitrogens with one attached hydrogen (secondary N) is 2. The van der Waals surface area contributed by atoms with Crippen molar-refractivity contribution in [3.8, 4) is 11.4 Å². The van der Waals surface area contributed by atoms with Gasteiger partial charge >= 0.3 is 0 Å². The summed E-state index contributed by atoms with van der Waals surface area (Å²) >= 11 is 3.05. The summed E-state index contributed by atoms with van der Waals surface area (Å²) in [6.45, 7) is 0. The third-order valence-electron chi connectivity index (χ3n) is 5.00. The second-order valence-corrected chi connectivity index (χ2v) is 8.88. The van der Waals surface area contributed by atoms with Gasteiger partial charge in [0.1, 0.15) is 11.6 Å². The highest BCUT2D eigenvalue weighted by atomic mass is 32.1. The summed E-state index contributed by atoms with van der Waals surface area (Å²) in [6.07, 6.45) is 6.56. The summed E-state index contributed by atoms with van der Waals surface area (Å²) in [5.74, 6) is 1.85. The molecule has 0 atom stereocenters. The molecule has 5 rings (SSSR count). The Bertz CT molecular complexity index is 1150. The van der Waals surface area contributed by atoms with Gasteiger partial charge in [-0.1, -0.05) is 18.9 Å². The van der Waals surface area contributed by atoms with Crippen molar-refractivity contribution < 1.29 is 4.79 Å². The van der Waals surface area contributed by atoms with E-state index in [-0.39, 0.29) is 5.91 Å². The van der Waals surface area contributed by atoms with Crippen molar-refractivity contribution >= 4 is 50.4 Å². The Morgan fingerprint density at radius 1 is 1.07 bits per heavy atom. The van der Waals surface area contributed by atoms with E-state index in [1.807, 2.05) is 35.0 Å².